The molecule has 0 saturated carbocycles. The van der Waals surface area contributed by atoms with E-state index >= 15 is 4.39 Å². The van der Waals surface area contributed by atoms with Crippen molar-refractivity contribution in [3.05, 3.63) is 93.7 Å². The second kappa shape index (κ2) is 13.6. The molecule has 4 aromatic rings. The van der Waals surface area contributed by atoms with E-state index in [0.29, 0.717) is 27.7 Å². The van der Waals surface area contributed by atoms with Crippen LogP contribution in [0.2, 0.25) is 0 Å². The third-order valence-corrected chi connectivity index (χ3v) is 7.22. The van der Waals surface area contributed by atoms with Crippen molar-refractivity contribution < 1.29 is 32.2 Å². The lowest BCUT2D eigenvalue weighted by atomic mass is 9.92. The smallest absolute Gasteiger partial charge is 0.387 e. The molecule has 6 nitrogen and oxygen atoms in total. The average molecular weight is 658 g/mol. The molecule has 0 spiro atoms. The van der Waals surface area contributed by atoms with Gasteiger partial charge in [-0.1, -0.05) is 52.3 Å². The molecule has 1 heterocycles. The molecule has 10 heteroatoms. The minimum atomic E-state index is -3.19. The lowest BCUT2D eigenvalue weighted by molar-refractivity contribution is -0.155. The number of hydrogen-bond donors (Lipinski definition) is 1. The molecule has 3 aromatic carbocycles. The summed E-state index contributed by atoms with van der Waals surface area (Å²) in [5.74, 6) is -3.04. The molecule has 0 fully saturated rings. The molecule has 43 heavy (non-hydrogen) atoms. The second-order valence-electron chi connectivity index (χ2n) is 11.1. The van der Waals surface area contributed by atoms with Crippen LogP contribution in [0.3, 0.4) is 0 Å². The maximum absolute atomic E-state index is 15.2. The highest BCUT2D eigenvalue weighted by molar-refractivity contribution is 9.10. The van der Waals surface area contributed by atoms with Gasteiger partial charge in [-0.2, -0.15) is 8.78 Å². The Morgan fingerprint density at radius 3 is 2.42 bits per heavy atom. The first kappa shape index (κ1) is 32.0. The minimum Gasteiger partial charge on any atom is -0.460 e. The standard InChI is InChI=1S/C33H32BrF3N2O4/c1-19-28(23-17-22(34)14-15-25(23)39-30(19)20-9-6-5-7-10-20)31(41)38-18-21(13-16-27(40)43-33(2,3)4)29-24(35)11-8-12-26(29)42-32(36)37/h5-12,14-15,17,21,32H,13,16,18H2,1-4H3,(H,38,41). The van der Waals surface area contributed by atoms with Crippen LogP contribution in [0.4, 0.5) is 13.2 Å². The van der Waals surface area contributed by atoms with Crippen LogP contribution in [0.25, 0.3) is 22.2 Å². The number of aromatic nitrogens is 1. The SMILES string of the molecule is Cc1c(-c2ccccc2)nc2ccc(Br)cc2c1C(=O)NCC(CCC(=O)OC(C)(C)C)c1c(F)cccc1OC(F)F. The van der Waals surface area contributed by atoms with Crippen molar-refractivity contribution in [2.75, 3.05) is 6.54 Å². The summed E-state index contributed by atoms with van der Waals surface area (Å²) >= 11 is 3.47. The summed E-state index contributed by atoms with van der Waals surface area (Å²) in [5, 5.41) is 3.46. The normalized spacial score (nSPS) is 12.3. The fourth-order valence-corrected chi connectivity index (χ4v) is 5.31. The zero-order valence-electron chi connectivity index (χ0n) is 24.2. The number of hydrogen-bond acceptors (Lipinski definition) is 5. The Hall–Kier alpha value is -3.92. The van der Waals surface area contributed by atoms with Crippen LogP contribution in [0, 0.1) is 12.7 Å². The lowest BCUT2D eigenvalue weighted by Gasteiger charge is -2.24. The van der Waals surface area contributed by atoms with Crippen LogP contribution >= 0.6 is 15.9 Å². The van der Waals surface area contributed by atoms with Crippen molar-refractivity contribution in [3.8, 4) is 17.0 Å². The zero-order valence-corrected chi connectivity index (χ0v) is 25.8. The highest BCUT2D eigenvalue weighted by Gasteiger charge is 2.27. The summed E-state index contributed by atoms with van der Waals surface area (Å²) in [6.07, 6.45) is -0.130. The largest absolute Gasteiger partial charge is 0.460 e. The summed E-state index contributed by atoms with van der Waals surface area (Å²) in [7, 11) is 0. The molecule has 0 saturated heterocycles. The molecule has 0 aliphatic carbocycles. The number of nitrogens with one attached hydrogen (secondary N) is 1. The van der Waals surface area contributed by atoms with Crippen LogP contribution in [-0.2, 0) is 9.53 Å². The van der Waals surface area contributed by atoms with E-state index in [9.17, 15) is 18.4 Å². The molecule has 226 valence electrons. The molecule has 0 radical (unpaired) electrons. The monoisotopic (exact) mass is 656 g/mol. The summed E-state index contributed by atoms with van der Waals surface area (Å²) in [6, 6.07) is 18.5. The zero-order chi connectivity index (χ0) is 31.3. The van der Waals surface area contributed by atoms with E-state index in [2.05, 4.69) is 26.0 Å². The van der Waals surface area contributed by atoms with Gasteiger partial charge in [0.15, 0.2) is 0 Å². The van der Waals surface area contributed by atoms with E-state index in [1.165, 1.54) is 12.1 Å². The molecule has 0 aliphatic rings. The number of amides is 1. The van der Waals surface area contributed by atoms with Crippen molar-refractivity contribution in [1.82, 2.24) is 10.3 Å². The number of pyridine rings is 1. The van der Waals surface area contributed by atoms with E-state index < -0.39 is 35.8 Å². The quantitative estimate of drug-likeness (QED) is 0.174. The van der Waals surface area contributed by atoms with Crippen LogP contribution in [0.5, 0.6) is 5.75 Å². The van der Waals surface area contributed by atoms with Crippen molar-refractivity contribution in [2.45, 2.75) is 58.7 Å². The Morgan fingerprint density at radius 2 is 1.74 bits per heavy atom. The Balaban J connectivity index is 1.71. The van der Waals surface area contributed by atoms with E-state index in [4.69, 9.17) is 9.72 Å². The topological polar surface area (TPSA) is 77.5 Å². The molecule has 1 atom stereocenters. The molecule has 1 aromatic heterocycles. The minimum absolute atomic E-state index is 0.00656. The van der Waals surface area contributed by atoms with E-state index in [-0.39, 0.29) is 30.7 Å². The number of carbonyl (C=O) groups is 2. The van der Waals surface area contributed by atoms with E-state index in [1.54, 1.807) is 39.8 Å². The molecule has 4 rings (SSSR count). The molecular weight excluding hydrogens is 625 g/mol. The lowest BCUT2D eigenvalue weighted by Crippen LogP contribution is -2.31. The Kier molecular flexibility index (Phi) is 10.1. The third kappa shape index (κ3) is 8.13. The maximum Gasteiger partial charge on any atom is 0.387 e. The van der Waals surface area contributed by atoms with E-state index in [1.807, 2.05) is 36.4 Å². The number of rotatable bonds is 10. The first-order chi connectivity index (χ1) is 20.3. The number of nitrogens with zero attached hydrogens (tertiary/aromatic N) is 1. The van der Waals surface area contributed by atoms with E-state index in [0.717, 1.165) is 16.1 Å². The van der Waals surface area contributed by atoms with Gasteiger partial charge in [-0.3, -0.25) is 9.59 Å². The van der Waals surface area contributed by atoms with Crippen LogP contribution in [0.1, 0.15) is 61.0 Å². The summed E-state index contributed by atoms with van der Waals surface area (Å²) in [5.41, 5.74) is 2.16. The number of alkyl halides is 2. The van der Waals surface area contributed by atoms with Gasteiger partial charge in [-0.05, 0) is 70.0 Å². The van der Waals surface area contributed by atoms with Gasteiger partial charge in [-0.25, -0.2) is 9.37 Å². The van der Waals surface area contributed by atoms with Gasteiger partial charge in [0.25, 0.3) is 5.91 Å². The fraction of sp³-hybridized carbons (Fsp3) is 0.303. The van der Waals surface area contributed by atoms with Crippen molar-refractivity contribution in [2.24, 2.45) is 0 Å². The highest BCUT2D eigenvalue weighted by Crippen LogP contribution is 2.35. The number of esters is 1. The Morgan fingerprint density at radius 1 is 1.02 bits per heavy atom. The summed E-state index contributed by atoms with van der Waals surface area (Å²) in [4.78, 5) is 31.2. The maximum atomic E-state index is 15.2. The third-order valence-electron chi connectivity index (χ3n) is 6.73. The molecule has 1 unspecified atom stereocenters. The number of benzene rings is 3. The van der Waals surface area contributed by atoms with Gasteiger partial charge in [0.05, 0.1) is 16.8 Å². The van der Waals surface area contributed by atoms with Gasteiger partial charge in [0.2, 0.25) is 0 Å². The number of ether oxygens (including phenoxy) is 2. The first-order valence-corrected chi connectivity index (χ1v) is 14.5. The second-order valence-corrected chi connectivity index (χ2v) is 12.0. The number of carbonyl (C=O) groups excluding carboxylic acids is 2. The van der Waals surface area contributed by atoms with Gasteiger partial charge in [0, 0.05) is 39.9 Å². The Labute approximate surface area is 256 Å². The molecule has 0 aliphatic heterocycles. The van der Waals surface area contributed by atoms with Gasteiger partial charge in [-0.15, -0.1) is 0 Å². The predicted molar refractivity (Wildman–Crippen MR) is 163 cm³/mol. The molecule has 1 amide bonds. The highest BCUT2D eigenvalue weighted by atomic mass is 79.9. The number of halogens is 4. The average Bonchev–Trinajstić information content (AvgIpc) is 2.92. The number of fused-ring (bicyclic) bond motifs is 1. The molecular formula is C33H32BrF3N2O4. The van der Waals surface area contributed by atoms with Gasteiger partial charge < -0.3 is 14.8 Å². The fourth-order valence-electron chi connectivity index (χ4n) is 4.95. The van der Waals surface area contributed by atoms with Crippen LogP contribution in [0.15, 0.2) is 71.2 Å². The van der Waals surface area contributed by atoms with Crippen molar-refractivity contribution >= 4 is 38.7 Å². The Bertz CT molecular complexity index is 1620. The molecule has 1 N–H and O–H groups in total. The molecule has 0 bridgehead atoms. The van der Waals surface area contributed by atoms with Crippen LogP contribution in [-0.4, -0.2) is 35.6 Å². The summed E-state index contributed by atoms with van der Waals surface area (Å²) < 4.78 is 52.4. The van der Waals surface area contributed by atoms with Crippen LogP contribution < -0.4 is 10.1 Å². The van der Waals surface area contributed by atoms with Gasteiger partial charge in [0.1, 0.15) is 17.2 Å². The predicted octanol–water partition coefficient (Wildman–Crippen LogP) is 8.35. The van der Waals surface area contributed by atoms with Crippen molar-refractivity contribution in [1.29, 1.82) is 0 Å². The van der Waals surface area contributed by atoms with Crippen molar-refractivity contribution in [3.63, 3.8) is 0 Å². The summed E-state index contributed by atoms with van der Waals surface area (Å²) in [6.45, 7) is 3.60. The van der Waals surface area contributed by atoms with Gasteiger partial charge >= 0.3 is 12.6 Å². The first-order valence-electron chi connectivity index (χ1n) is 13.7.